The molecule has 1 unspecified atom stereocenters. The van der Waals surface area contributed by atoms with Crippen molar-refractivity contribution in [3.63, 3.8) is 0 Å². The van der Waals surface area contributed by atoms with Gasteiger partial charge in [0.05, 0.1) is 19.8 Å². The van der Waals surface area contributed by atoms with Gasteiger partial charge in [0.25, 0.3) is 0 Å². The number of benzene rings is 2. The van der Waals surface area contributed by atoms with Gasteiger partial charge in [0.1, 0.15) is 11.5 Å². The normalized spacial score (nSPS) is 16.2. The van der Waals surface area contributed by atoms with Crippen LogP contribution < -0.4 is 14.8 Å². The predicted molar refractivity (Wildman–Crippen MR) is 85.4 cm³/mol. The lowest BCUT2D eigenvalue weighted by molar-refractivity contribution is 0.340. The minimum atomic E-state index is 0.256. The molecule has 0 aliphatic carbocycles. The van der Waals surface area contributed by atoms with Gasteiger partial charge in [-0.25, -0.2) is 0 Å². The van der Waals surface area contributed by atoms with Crippen LogP contribution in [0.4, 0.5) is 5.69 Å². The average Bonchev–Trinajstić information content (AvgIpc) is 2.90. The number of fused-ring (bicyclic) bond motifs is 1. The molecule has 110 valence electrons. The van der Waals surface area contributed by atoms with Crippen molar-refractivity contribution in [2.24, 2.45) is 0 Å². The number of rotatable bonds is 4. The van der Waals surface area contributed by atoms with Gasteiger partial charge >= 0.3 is 0 Å². The molecular weight excluding hydrogens is 262 g/mol. The molecule has 1 aliphatic rings. The third kappa shape index (κ3) is 2.68. The van der Waals surface area contributed by atoms with Gasteiger partial charge in [-0.05, 0) is 50.1 Å². The van der Waals surface area contributed by atoms with E-state index in [1.807, 2.05) is 19.1 Å². The van der Waals surface area contributed by atoms with Gasteiger partial charge in [-0.15, -0.1) is 0 Å². The third-order valence-electron chi connectivity index (χ3n) is 3.90. The summed E-state index contributed by atoms with van der Waals surface area (Å²) >= 11 is 0. The van der Waals surface area contributed by atoms with Crippen molar-refractivity contribution in [2.45, 2.75) is 26.3 Å². The van der Waals surface area contributed by atoms with Crippen LogP contribution in [0.3, 0.4) is 0 Å². The van der Waals surface area contributed by atoms with E-state index in [-0.39, 0.29) is 6.04 Å². The summed E-state index contributed by atoms with van der Waals surface area (Å²) in [6.45, 7) is 4.81. The standard InChI is InChI=1S/C18H21NO2/c1-4-21-14-6-7-16-13(10-14)11-17(19-16)15-9-12(2)5-8-18(15)20-3/h5-10,17,19H,4,11H2,1-3H3. The summed E-state index contributed by atoms with van der Waals surface area (Å²) in [4.78, 5) is 0. The zero-order chi connectivity index (χ0) is 14.8. The van der Waals surface area contributed by atoms with Gasteiger partial charge in [-0.1, -0.05) is 17.7 Å². The molecule has 1 aliphatic heterocycles. The first-order chi connectivity index (χ1) is 10.2. The maximum atomic E-state index is 5.58. The first-order valence-electron chi connectivity index (χ1n) is 7.38. The Labute approximate surface area is 125 Å². The maximum Gasteiger partial charge on any atom is 0.124 e. The highest BCUT2D eigenvalue weighted by Crippen LogP contribution is 2.39. The van der Waals surface area contributed by atoms with E-state index in [9.17, 15) is 0 Å². The molecule has 0 amide bonds. The Bertz CT molecular complexity index is 652. The van der Waals surface area contributed by atoms with Crippen LogP contribution in [0.5, 0.6) is 11.5 Å². The number of hydrogen-bond acceptors (Lipinski definition) is 3. The fraction of sp³-hybridized carbons (Fsp3) is 0.333. The molecule has 2 aromatic rings. The van der Waals surface area contributed by atoms with Gasteiger partial charge in [0, 0.05) is 11.3 Å². The Morgan fingerprint density at radius 2 is 2.05 bits per heavy atom. The Kier molecular flexibility index (Phi) is 3.74. The van der Waals surface area contributed by atoms with Crippen LogP contribution >= 0.6 is 0 Å². The molecule has 3 nitrogen and oxygen atoms in total. The number of nitrogens with one attached hydrogen (secondary N) is 1. The highest BCUT2D eigenvalue weighted by Gasteiger charge is 2.25. The highest BCUT2D eigenvalue weighted by molar-refractivity contribution is 5.61. The molecule has 0 aromatic heterocycles. The summed E-state index contributed by atoms with van der Waals surface area (Å²) in [6.07, 6.45) is 0.954. The van der Waals surface area contributed by atoms with Crippen LogP contribution in [0.25, 0.3) is 0 Å². The first kappa shape index (κ1) is 13.8. The number of methoxy groups -OCH3 is 1. The molecule has 0 bridgehead atoms. The molecule has 1 atom stereocenters. The van der Waals surface area contributed by atoms with E-state index >= 15 is 0 Å². The zero-order valence-corrected chi connectivity index (χ0v) is 12.8. The van der Waals surface area contributed by atoms with Crippen LogP contribution in [-0.2, 0) is 6.42 Å². The van der Waals surface area contributed by atoms with Crippen LogP contribution in [0.15, 0.2) is 36.4 Å². The summed E-state index contributed by atoms with van der Waals surface area (Å²) < 4.78 is 11.1. The molecule has 1 heterocycles. The van der Waals surface area contributed by atoms with E-state index < -0.39 is 0 Å². The second-order valence-corrected chi connectivity index (χ2v) is 5.40. The lowest BCUT2D eigenvalue weighted by Gasteiger charge is -2.16. The summed E-state index contributed by atoms with van der Waals surface area (Å²) in [5.41, 5.74) is 4.95. The summed E-state index contributed by atoms with van der Waals surface area (Å²) in [5.74, 6) is 1.88. The molecule has 3 heteroatoms. The number of anilines is 1. The van der Waals surface area contributed by atoms with Crippen molar-refractivity contribution in [3.05, 3.63) is 53.1 Å². The van der Waals surface area contributed by atoms with E-state index in [2.05, 4.69) is 36.5 Å². The van der Waals surface area contributed by atoms with Crippen molar-refractivity contribution >= 4 is 5.69 Å². The first-order valence-corrected chi connectivity index (χ1v) is 7.38. The zero-order valence-electron chi connectivity index (χ0n) is 12.8. The molecule has 0 spiro atoms. The van der Waals surface area contributed by atoms with Gasteiger partial charge in [-0.3, -0.25) is 0 Å². The lowest BCUT2D eigenvalue weighted by atomic mass is 10.00. The summed E-state index contributed by atoms with van der Waals surface area (Å²) in [7, 11) is 1.73. The largest absolute Gasteiger partial charge is 0.496 e. The van der Waals surface area contributed by atoms with Crippen molar-refractivity contribution in [2.75, 3.05) is 19.0 Å². The Morgan fingerprint density at radius 1 is 1.19 bits per heavy atom. The van der Waals surface area contributed by atoms with Gasteiger partial charge < -0.3 is 14.8 Å². The second kappa shape index (κ2) is 5.68. The minimum Gasteiger partial charge on any atom is -0.496 e. The fourth-order valence-corrected chi connectivity index (χ4v) is 2.91. The predicted octanol–water partition coefficient (Wildman–Crippen LogP) is 4.11. The molecule has 0 saturated heterocycles. The van der Waals surface area contributed by atoms with E-state index in [4.69, 9.17) is 9.47 Å². The van der Waals surface area contributed by atoms with Crippen LogP contribution in [-0.4, -0.2) is 13.7 Å². The maximum absolute atomic E-state index is 5.58. The fourth-order valence-electron chi connectivity index (χ4n) is 2.91. The number of aryl methyl sites for hydroxylation is 1. The van der Waals surface area contributed by atoms with Gasteiger partial charge in [0.2, 0.25) is 0 Å². The van der Waals surface area contributed by atoms with Crippen molar-refractivity contribution in [1.82, 2.24) is 0 Å². The van der Waals surface area contributed by atoms with E-state index in [1.165, 1.54) is 22.4 Å². The minimum absolute atomic E-state index is 0.256. The molecule has 0 radical (unpaired) electrons. The topological polar surface area (TPSA) is 30.5 Å². The molecule has 2 aromatic carbocycles. The molecule has 3 rings (SSSR count). The smallest absolute Gasteiger partial charge is 0.124 e. The quantitative estimate of drug-likeness (QED) is 0.916. The summed E-state index contributed by atoms with van der Waals surface area (Å²) in [6, 6.07) is 12.8. The highest BCUT2D eigenvalue weighted by atomic mass is 16.5. The monoisotopic (exact) mass is 283 g/mol. The Morgan fingerprint density at radius 3 is 2.81 bits per heavy atom. The second-order valence-electron chi connectivity index (χ2n) is 5.40. The van der Waals surface area contributed by atoms with E-state index in [1.54, 1.807) is 7.11 Å². The number of ether oxygens (including phenoxy) is 2. The Hall–Kier alpha value is -2.16. The average molecular weight is 283 g/mol. The third-order valence-corrected chi connectivity index (χ3v) is 3.90. The lowest BCUT2D eigenvalue weighted by Crippen LogP contribution is -2.07. The molecule has 21 heavy (non-hydrogen) atoms. The molecular formula is C18H21NO2. The van der Waals surface area contributed by atoms with Crippen molar-refractivity contribution in [1.29, 1.82) is 0 Å². The van der Waals surface area contributed by atoms with E-state index in [0.717, 1.165) is 17.9 Å². The number of hydrogen-bond donors (Lipinski definition) is 1. The van der Waals surface area contributed by atoms with Gasteiger partial charge in [0.15, 0.2) is 0 Å². The van der Waals surface area contributed by atoms with Crippen molar-refractivity contribution < 1.29 is 9.47 Å². The van der Waals surface area contributed by atoms with Crippen LogP contribution in [0.2, 0.25) is 0 Å². The summed E-state index contributed by atoms with van der Waals surface area (Å²) in [5, 5.41) is 3.59. The van der Waals surface area contributed by atoms with Crippen molar-refractivity contribution in [3.8, 4) is 11.5 Å². The SMILES string of the molecule is CCOc1ccc2c(c1)CC(c1cc(C)ccc1OC)N2. The molecule has 0 fully saturated rings. The Balaban J connectivity index is 1.89. The molecule has 0 saturated carbocycles. The van der Waals surface area contributed by atoms with Gasteiger partial charge in [-0.2, -0.15) is 0 Å². The molecule has 1 N–H and O–H groups in total. The van der Waals surface area contributed by atoms with Crippen LogP contribution in [0.1, 0.15) is 29.7 Å². The van der Waals surface area contributed by atoms with Crippen LogP contribution in [0, 0.1) is 6.92 Å². The van der Waals surface area contributed by atoms with E-state index in [0.29, 0.717) is 6.61 Å².